The molecule has 1 unspecified atom stereocenters. The van der Waals surface area contributed by atoms with Crippen LogP contribution in [0.4, 0.5) is 0 Å². The van der Waals surface area contributed by atoms with Gasteiger partial charge in [-0.05, 0) is 49.2 Å². The molecule has 110 valence electrons. The zero-order valence-electron chi connectivity index (χ0n) is 12.4. The molecule has 0 fully saturated rings. The molecule has 2 aromatic rings. The normalized spacial score (nSPS) is 12.0. The van der Waals surface area contributed by atoms with Crippen molar-refractivity contribution in [1.82, 2.24) is 0 Å². The van der Waals surface area contributed by atoms with Gasteiger partial charge in [0.1, 0.15) is 5.75 Å². The first kappa shape index (κ1) is 15.4. The average Bonchev–Trinajstić information content (AvgIpc) is 2.46. The molecule has 0 N–H and O–H groups in total. The molecule has 0 amide bonds. The number of ketones is 1. The number of Topliss-reactive ketones (excluding diaryl/α,β-unsaturated/α-hetero) is 1. The molecule has 0 radical (unpaired) electrons. The fraction of sp³-hybridized carbons (Fsp3) is 0.235. The lowest BCUT2D eigenvalue weighted by Gasteiger charge is -2.09. The van der Waals surface area contributed by atoms with Crippen LogP contribution in [-0.2, 0) is 10.8 Å². The van der Waals surface area contributed by atoms with E-state index in [2.05, 4.69) is 0 Å². The zero-order valence-corrected chi connectivity index (χ0v) is 13.2. The van der Waals surface area contributed by atoms with Gasteiger partial charge in [0, 0.05) is 4.90 Å². The topological polar surface area (TPSA) is 43.4 Å². The predicted octanol–water partition coefficient (Wildman–Crippen LogP) is 3.30. The minimum Gasteiger partial charge on any atom is -0.496 e. The summed E-state index contributed by atoms with van der Waals surface area (Å²) in [4.78, 5) is 13.0. The van der Waals surface area contributed by atoms with Crippen molar-refractivity contribution >= 4 is 16.6 Å². The second-order valence-electron chi connectivity index (χ2n) is 4.93. The van der Waals surface area contributed by atoms with Gasteiger partial charge in [0.05, 0.1) is 29.2 Å². The van der Waals surface area contributed by atoms with Crippen LogP contribution in [0.1, 0.15) is 21.5 Å². The van der Waals surface area contributed by atoms with Crippen LogP contribution in [0.25, 0.3) is 0 Å². The molecule has 0 saturated carbocycles. The first-order chi connectivity index (χ1) is 10.0. The monoisotopic (exact) mass is 302 g/mol. The van der Waals surface area contributed by atoms with E-state index in [0.29, 0.717) is 16.2 Å². The molecule has 0 spiro atoms. The average molecular weight is 302 g/mol. The Balaban J connectivity index is 2.20. The van der Waals surface area contributed by atoms with Gasteiger partial charge in [-0.1, -0.05) is 18.2 Å². The Morgan fingerprint density at radius 2 is 1.81 bits per heavy atom. The Bertz CT molecular complexity index is 692. The van der Waals surface area contributed by atoms with Gasteiger partial charge in [-0.2, -0.15) is 0 Å². The molecule has 4 heteroatoms. The quantitative estimate of drug-likeness (QED) is 0.796. The second kappa shape index (κ2) is 6.68. The maximum Gasteiger partial charge on any atom is 0.179 e. The lowest BCUT2D eigenvalue weighted by molar-refractivity contribution is 0.101. The van der Waals surface area contributed by atoms with Crippen LogP contribution in [0.2, 0.25) is 0 Å². The number of hydrogen-bond donors (Lipinski definition) is 0. The Morgan fingerprint density at radius 1 is 1.10 bits per heavy atom. The van der Waals surface area contributed by atoms with Crippen molar-refractivity contribution in [2.45, 2.75) is 18.7 Å². The van der Waals surface area contributed by atoms with Gasteiger partial charge >= 0.3 is 0 Å². The number of ether oxygens (including phenoxy) is 1. The lowest BCUT2D eigenvalue weighted by Crippen LogP contribution is -2.12. The van der Waals surface area contributed by atoms with Crippen LogP contribution in [0.15, 0.2) is 47.4 Å². The highest BCUT2D eigenvalue weighted by atomic mass is 32.2. The van der Waals surface area contributed by atoms with Crippen molar-refractivity contribution in [3.63, 3.8) is 0 Å². The van der Waals surface area contributed by atoms with Crippen LogP contribution in [-0.4, -0.2) is 22.9 Å². The third-order valence-corrected chi connectivity index (χ3v) is 4.48. The molecule has 0 heterocycles. The zero-order chi connectivity index (χ0) is 15.4. The van der Waals surface area contributed by atoms with E-state index in [0.717, 1.165) is 11.1 Å². The molecule has 0 aliphatic heterocycles. The Hall–Kier alpha value is -1.94. The number of carbonyl (C=O) groups excluding carboxylic acids is 1. The van der Waals surface area contributed by atoms with E-state index in [1.807, 2.05) is 44.2 Å². The van der Waals surface area contributed by atoms with E-state index in [4.69, 9.17) is 4.74 Å². The lowest BCUT2D eigenvalue weighted by atomic mass is 10.1. The molecule has 2 aromatic carbocycles. The number of methoxy groups -OCH3 is 1. The van der Waals surface area contributed by atoms with Gasteiger partial charge < -0.3 is 4.74 Å². The number of aryl methyl sites for hydroxylation is 2. The number of benzene rings is 2. The summed E-state index contributed by atoms with van der Waals surface area (Å²) in [6.07, 6.45) is 0. The van der Waals surface area contributed by atoms with Crippen molar-refractivity contribution < 1.29 is 13.7 Å². The maximum absolute atomic E-state index is 12.3. The van der Waals surface area contributed by atoms with Crippen molar-refractivity contribution in [2.24, 2.45) is 0 Å². The van der Waals surface area contributed by atoms with Crippen molar-refractivity contribution in [2.75, 3.05) is 12.9 Å². The summed E-state index contributed by atoms with van der Waals surface area (Å²) in [5.41, 5.74) is 2.52. The molecule has 21 heavy (non-hydrogen) atoms. The summed E-state index contributed by atoms with van der Waals surface area (Å²) in [5.74, 6) is 0.316. The fourth-order valence-corrected chi connectivity index (χ4v) is 3.17. The molecule has 0 aromatic heterocycles. The highest BCUT2D eigenvalue weighted by Gasteiger charge is 2.16. The van der Waals surface area contributed by atoms with Crippen molar-refractivity contribution in [3.05, 3.63) is 59.2 Å². The van der Waals surface area contributed by atoms with Crippen LogP contribution >= 0.6 is 0 Å². The molecule has 0 aliphatic carbocycles. The van der Waals surface area contributed by atoms with Crippen molar-refractivity contribution in [1.29, 1.82) is 0 Å². The van der Waals surface area contributed by atoms with Gasteiger partial charge in [-0.25, -0.2) is 0 Å². The van der Waals surface area contributed by atoms with E-state index in [1.54, 1.807) is 12.1 Å². The molecule has 2 rings (SSSR count). The molecule has 1 atom stereocenters. The smallest absolute Gasteiger partial charge is 0.179 e. The molecular weight excluding hydrogens is 284 g/mol. The minimum absolute atomic E-state index is 0.0388. The molecule has 0 saturated heterocycles. The third-order valence-electron chi connectivity index (χ3n) is 3.17. The summed E-state index contributed by atoms with van der Waals surface area (Å²) in [6.45, 7) is 3.87. The van der Waals surface area contributed by atoms with Crippen LogP contribution in [0, 0.1) is 13.8 Å². The Morgan fingerprint density at radius 3 is 2.48 bits per heavy atom. The molecule has 0 aliphatic rings. The first-order valence-electron chi connectivity index (χ1n) is 6.64. The minimum atomic E-state index is -1.34. The van der Waals surface area contributed by atoms with Crippen LogP contribution in [0.5, 0.6) is 5.75 Å². The number of hydrogen-bond acceptors (Lipinski definition) is 3. The predicted molar refractivity (Wildman–Crippen MR) is 84.5 cm³/mol. The van der Waals surface area contributed by atoms with Crippen LogP contribution in [0.3, 0.4) is 0 Å². The van der Waals surface area contributed by atoms with Gasteiger partial charge in [0.25, 0.3) is 0 Å². The fourth-order valence-electron chi connectivity index (χ4n) is 2.07. The standard InChI is InChI=1S/C17H18O3S/c1-12-5-4-6-14(9-12)21(19)11-16(18)15-8-7-13(2)10-17(15)20-3/h4-10H,11H2,1-3H3. The summed E-state index contributed by atoms with van der Waals surface area (Å²) in [7, 11) is 0.186. The summed E-state index contributed by atoms with van der Waals surface area (Å²) < 4.78 is 17.5. The van der Waals surface area contributed by atoms with Gasteiger partial charge in [-0.15, -0.1) is 0 Å². The van der Waals surface area contributed by atoms with Gasteiger partial charge in [-0.3, -0.25) is 9.00 Å². The largest absolute Gasteiger partial charge is 0.496 e. The SMILES string of the molecule is COc1cc(C)ccc1C(=O)CS(=O)c1cccc(C)c1. The second-order valence-corrected chi connectivity index (χ2v) is 6.38. The van der Waals surface area contributed by atoms with E-state index in [9.17, 15) is 9.00 Å². The van der Waals surface area contributed by atoms with E-state index < -0.39 is 10.8 Å². The highest BCUT2D eigenvalue weighted by molar-refractivity contribution is 7.85. The van der Waals surface area contributed by atoms with E-state index >= 15 is 0 Å². The van der Waals surface area contributed by atoms with Crippen LogP contribution < -0.4 is 4.74 Å². The van der Waals surface area contributed by atoms with Gasteiger partial charge in [0.15, 0.2) is 5.78 Å². The number of carbonyl (C=O) groups is 1. The molecule has 0 bridgehead atoms. The highest BCUT2D eigenvalue weighted by Crippen LogP contribution is 2.21. The first-order valence-corrected chi connectivity index (χ1v) is 7.96. The summed E-state index contributed by atoms with van der Waals surface area (Å²) in [6, 6.07) is 12.8. The third kappa shape index (κ3) is 3.79. The Labute approximate surface area is 127 Å². The van der Waals surface area contributed by atoms with Gasteiger partial charge in [0.2, 0.25) is 0 Å². The Kier molecular flexibility index (Phi) is 4.91. The summed E-state index contributed by atoms with van der Waals surface area (Å²) in [5, 5.41) is 0. The molecule has 3 nitrogen and oxygen atoms in total. The van der Waals surface area contributed by atoms with Crippen molar-refractivity contribution in [3.8, 4) is 5.75 Å². The van der Waals surface area contributed by atoms with E-state index in [-0.39, 0.29) is 11.5 Å². The maximum atomic E-state index is 12.3. The summed E-state index contributed by atoms with van der Waals surface area (Å²) >= 11 is 0. The molecular formula is C17H18O3S. The number of rotatable bonds is 5. The van der Waals surface area contributed by atoms with E-state index in [1.165, 1.54) is 7.11 Å².